The number of aromatic nitrogens is 2. The molecule has 1 saturated heterocycles. The molecule has 20 heavy (non-hydrogen) atoms. The number of fused-ring (bicyclic) bond motifs is 1. The Morgan fingerprint density at radius 2 is 1.90 bits per heavy atom. The van der Waals surface area contributed by atoms with Crippen molar-refractivity contribution in [2.45, 2.75) is 50.5 Å². The van der Waals surface area contributed by atoms with E-state index in [4.69, 9.17) is 0 Å². The molecule has 4 rings (SSSR count). The van der Waals surface area contributed by atoms with E-state index in [9.17, 15) is 0 Å². The van der Waals surface area contributed by atoms with Crippen LogP contribution in [-0.2, 0) is 0 Å². The van der Waals surface area contributed by atoms with Gasteiger partial charge in [0.15, 0.2) is 0 Å². The highest BCUT2D eigenvalue weighted by Gasteiger charge is 2.26. The van der Waals surface area contributed by atoms with E-state index in [-0.39, 0.29) is 0 Å². The van der Waals surface area contributed by atoms with Gasteiger partial charge in [-0.05, 0) is 62.9 Å². The van der Waals surface area contributed by atoms with E-state index in [1.807, 2.05) is 6.20 Å². The summed E-state index contributed by atoms with van der Waals surface area (Å²) in [6.45, 7) is 2.30. The molecule has 0 amide bonds. The maximum absolute atomic E-state index is 4.59. The minimum absolute atomic E-state index is 0.661. The predicted molar refractivity (Wildman–Crippen MR) is 82.1 cm³/mol. The summed E-state index contributed by atoms with van der Waals surface area (Å²) < 4.78 is 2.64. The zero-order chi connectivity index (χ0) is 13.4. The molecule has 0 bridgehead atoms. The number of piperidine rings is 1. The molecule has 3 heterocycles. The molecule has 0 radical (unpaired) electrons. The van der Waals surface area contributed by atoms with E-state index in [0.717, 1.165) is 19.0 Å². The monoisotopic (exact) mass is 269 g/mol. The molecule has 0 spiro atoms. The van der Waals surface area contributed by atoms with Gasteiger partial charge in [-0.25, -0.2) is 0 Å². The Bertz CT molecular complexity index is 589. The Morgan fingerprint density at radius 1 is 1.10 bits per heavy atom. The topological polar surface area (TPSA) is 29.9 Å². The Hall–Kier alpha value is -1.35. The summed E-state index contributed by atoms with van der Waals surface area (Å²) in [5.41, 5.74) is 4.09. The lowest BCUT2D eigenvalue weighted by Crippen LogP contribution is -2.30. The van der Waals surface area contributed by atoms with Crippen LogP contribution < -0.4 is 5.32 Å². The quantitative estimate of drug-likeness (QED) is 0.902. The second-order valence-electron chi connectivity index (χ2n) is 6.31. The molecule has 2 aromatic rings. The van der Waals surface area contributed by atoms with Crippen molar-refractivity contribution in [1.29, 1.82) is 0 Å². The van der Waals surface area contributed by atoms with Crippen LogP contribution in [0.25, 0.3) is 11.0 Å². The molecule has 2 fully saturated rings. The normalized spacial score (nSPS) is 21.8. The van der Waals surface area contributed by atoms with Crippen LogP contribution in [-0.4, -0.2) is 22.6 Å². The smallest absolute Gasteiger partial charge is 0.0884 e. The third kappa shape index (κ3) is 2.05. The molecule has 1 saturated carbocycles. The van der Waals surface area contributed by atoms with Crippen LogP contribution in [0.3, 0.4) is 0 Å². The largest absolute Gasteiger partial charge is 0.340 e. The van der Waals surface area contributed by atoms with Gasteiger partial charge < -0.3 is 9.88 Å². The van der Waals surface area contributed by atoms with Gasteiger partial charge in [-0.3, -0.25) is 4.98 Å². The molecule has 3 nitrogen and oxygen atoms in total. The van der Waals surface area contributed by atoms with Gasteiger partial charge in [-0.15, -0.1) is 0 Å². The van der Waals surface area contributed by atoms with Crippen molar-refractivity contribution in [3.63, 3.8) is 0 Å². The Labute approximate surface area is 120 Å². The molecule has 2 aliphatic rings. The van der Waals surface area contributed by atoms with Gasteiger partial charge in [0.1, 0.15) is 0 Å². The van der Waals surface area contributed by atoms with Gasteiger partial charge in [0.25, 0.3) is 0 Å². The van der Waals surface area contributed by atoms with E-state index in [2.05, 4.69) is 33.1 Å². The van der Waals surface area contributed by atoms with Crippen molar-refractivity contribution >= 4 is 11.0 Å². The Balaban J connectivity index is 1.83. The SMILES string of the molecule is c1cnc2cc(C3CCCC3)n(C3CCNCC3)c2c1. The van der Waals surface area contributed by atoms with E-state index in [0.29, 0.717) is 6.04 Å². The van der Waals surface area contributed by atoms with Crippen molar-refractivity contribution in [1.82, 2.24) is 14.9 Å². The van der Waals surface area contributed by atoms with Gasteiger partial charge in [-0.1, -0.05) is 12.8 Å². The zero-order valence-corrected chi connectivity index (χ0v) is 12.0. The van der Waals surface area contributed by atoms with E-state index in [1.54, 1.807) is 5.69 Å². The minimum Gasteiger partial charge on any atom is -0.340 e. The summed E-state index contributed by atoms with van der Waals surface area (Å²) in [5.74, 6) is 0.763. The molecule has 0 aromatic carbocycles. The highest BCUT2D eigenvalue weighted by molar-refractivity contribution is 5.77. The molecular weight excluding hydrogens is 246 g/mol. The van der Waals surface area contributed by atoms with Gasteiger partial charge >= 0.3 is 0 Å². The van der Waals surface area contributed by atoms with Crippen LogP contribution in [0.15, 0.2) is 24.4 Å². The first kappa shape index (κ1) is 12.4. The predicted octanol–water partition coefficient (Wildman–Crippen LogP) is 3.62. The lowest BCUT2D eigenvalue weighted by atomic mass is 10.0. The fourth-order valence-corrected chi connectivity index (χ4v) is 4.08. The van der Waals surface area contributed by atoms with Crippen molar-refractivity contribution in [3.8, 4) is 0 Å². The van der Waals surface area contributed by atoms with Crippen LogP contribution in [0.5, 0.6) is 0 Å². The van der Waals surface area contributed by atoms with Crippen molar-refractivity contribution < 1.29 is 0 Å². The highest BCUT2D eigenvalue weighted by atomic mass is 15.1. The summed E-state index contributed by atoms with van der Waals surface area (Å²) in [4.78, 5) is 4.59. The maximum atomic E-state index is 4.59. The third-order valence-corrected chi connectivity index (χ3v) is 5.09. The molecular formula is C17H23N3. The van der Waals surface area contributed by atoms with Crippen LogP contribution >= 0.6 is 0 Å². The van der Waals surface area contributed by atoms with Crippen LogP contribution in [0.1, 0.15) is 56.2 Å². The number of hydrogen-bond donors (Lipinski definition) is 1. The lowest BCUT2D eigenvalue weighted by Gasteiger charge is -2.28. The fraction of sp³-hybridized carbons (Fsp3) is 0.588. The average Bonchev–Trinajstić information content (AvgIpc) is 3.15. The summed E-state index contributed by atoms with van der Waals surface area (Å²) >= 11 is 0. The molecule has 0 unspecified atom stereocenters. The second kappa shape index (κ2) is 5.21. The zero-order valence-electron chi connectivity index (χ0n) is 12.0. The van der Waals surface area contributed by atoms with Crippen LogP contribution in [0.4, 0.5) is 0 Å². The second-order valence-corrected chi connectivity index (χ2v) is 6.31. The number of rotatable bonds is 2. The fourth-order valence-electron chi connectivity index (χ4n) is 4.08. The van der Waals surface area contributed by atoms with Gasteiger partial charge in [-0.2, -0.15) is 0 Å². The van der Waals surface area contributed by atoms with Gasteiger partial charge in [0.05, 0.1) is 11.0 Å². The van der Waals surface area contributed by atoms with Crippen molar-refractivity contribution in [2.75, 3.05) is 13.1 Å². The molecule has 3 heteroatoms. The third-order valence-electron chi connectivity index (χ3n) is 5.09. The summed E-state index contributed by atoms with van der Waals surface area (Å²) in [5, 5.41) is 3.48. The molecule has 2 aromatic heterocycles. The molecule has 1 aliphatic heterocycles. The first-order valence-electron chi connectivity index (χ1n) is 8.10. The van der Waals surface area contributed by atoms with E-state index in [1.165, 1.54) is 49.6 Å². The molecule has 106 valence electrons. The average molecular weight is 269 g/mol. The Morgan fingerprint density at radius 3 is 2.70 bits per heavy atom. The first-order valence-corrected chi connectivity index (χ1v) is 8.10. The van der Waals surface area contributed by atoms with Crippen molar-refractivity contribution in [2.24, 2.45) is 0 Å². The standard InChI is InChI=1S/C17H23N3/c1-2-5-13(4-1)17-12-15-16(6-3-9-19-15)20(17)14-7-10-18-11-8-14/h3,6,9,12-14,18H,1-2,4-5,7-8,10-11H2. The van der Waals surface area contributed by atoms with E-state index < -0.39 is 0 Å². The molecule has 1 N–H and O–H groups in total. The number of nitrogens with one attached hydrogen (secondary N) is 1. The first-order chi connectivity index (χ1) is 9.93. The van der Waals surface area contributed by atoms with Crippen molar-refractivity contribution in [3.05, 3.63) is 30.1 Å². The summed E-state index contributed by atoms with van der Waals surface area (Å²) in [7, 11) is 0. The van der Waals surface area contributed by atoms with Gasteiger partial charge in [0.2, 0.25) is 0 Å². The van der Waals surface area contributed by atoms with Gasteiger partial charge in [0, 0.05) is 17.9 Å². The lowest BCUT2D eigenvalue weighted by molar-refractivity contribution is 0.364. The van der Waals surface area contributed by atoms with E-state index >= 15 is 0 Å². The Kier molecular flexibility index (Phi) is 3.23. The maximum Gasteiger partial charge on any atom is 0.0884 e. The summed E-state index contributed by atoms with van der Waals surface area (Å²) in [6, 6.07) is 7.36. The minimum atomic E-state index is 0.661. The highest BCUT2D eigenvalue weighted by Crippen LogP contribution is 2.39. The number of pyridine rings is 1. The van der Waals surface area contributed by atoms with Crippen LogP contribution in [0.2, 0.25) is 0 Å². The molecule has 0 atom stereocenters. The number of nitrogens with zero attached hydrogens (tertiary/aromatic N) is 2. The van der Waals surface area contributed by atoms with Crippen LogP contribution in [0, 0.1) is 0 Å². The number of hydrogen-bond acceptors (Lipinski definition) is 2. The molecule has 1 aliphatic carbocycles. The summed E-state index contributed by atoms with van der Waals surface area (Å²) in [6.07, 6.45) is 9.94.